The molecule has 48 heavy (non-hydrogen) atoms. The van der Waals surface area contributed by atoms with Crippen LogP contribution in [-0.2, 0) is 30.7 Å². The zero-order valence-corrected chi connectivity index (χ0v) is 25.9. The maximum atomic E-state index is 13.7. The van der Waals surface area contributed by atoms with Crippen LogP contribution in [0, 0.1) is 13.8 Å². The predicted molar refractivity (Wildman–Crippen MR) is 156 cm³/mol. The number of pyridine rings is 1. The van der Waals surface area contributed by atoms with Crippen LogP contribution in [0.2, 0.25) is 0 Å². The van der Waals surface area contributed by atoms with E-state index in [0.717, 1.165) is 16.2 Å². The molecule has 2 aliphatic heterocycles. The van der Waals surface area contributed by atoms with Gasteiger partial charge >= 0.3 is 18.4 Å². The molecule has 17 heteroatoms. The number of halogens is 7. The molecule has 1 amide bonds. The van der Waals surface area contributed by atoms with Gasteiger partial charge in [-0.3, -0.25) is 9.58 Å². The van der Waals surface area contributed by atoms with E-state index < -0.39 is 59.3 Å². The highest BCUT2D eigenvalue weighted by Crippen LogP contribution is 2.42. The van der Waals surface area contributed by atoms with Crippen molar-refractivity contribution in [3.63, 3.8) is 0 Å². The van der Waals surface area contributed by atoms with Crippen molar-refractivity contribution in [2.75, 3.05) is 18.0 Å². The molecule has 0 aliphatic carbocycles. The Bertz CT molecular complexity index is 1870. The van der Waals surface area contributed by atoms with Crippen LogP contribution < -0.4 is 4.90 Å². The molecule has 6 rings (SSSR count). The summed E-state index contributed by atoms with van der Waals surface area (Å²) in [7, 11) is 1.77. The second kappa shape index (κ2) is 11.6. The fraction of sp³-hybridized carbons (Fsp3) is 0.387. The summed E-state index contributed by atoms with van der Waals surface area (Å²) in [6.45, 7) is 4.76. The molecule has 5 heterocycles. The Morgan fingerprint density at radius 1 is 0.958 bits per heavy atom. The summed E-state index contributed by atoms with van der Waals surface area (Å²) in [5.74, 6) is -0.281. The lowest BCUT2D eigenvalue weighted by Crippen LogP contribution is -2.49. The number of rotatable bonds is 6. The van der Waals surface area contributed by atoms with E-state index in [-0.39, 0.29) is 48.5 Å². The van der Waals surface area contributed by atoms with Crippen molar-refractivity contribution in [1.29, 1.82) is 0 Å². The number of carbonyl (C=O) groups excluding carboxylic acids is 1. The smallest absolute Gasteiger partial charge is 0.416 e. The molecule has 1 aromatic carbocycles. The van der Waals surface area contributed by atoms with E-state index in [9.17, 15) is 40.6 Å². The first kappa shape index (κ1) is 33.0. The Balaban J connectivity index is 1.40. The van der Waals surface area contributed by atoms with E-state index >= 15 is 0 Å². The van der Waals surface area contributed by atoms with Gasteiger partial charge in [-0.25, -0.2) is 24.1 Å². The van der Waals surface area contributed by atoms with Crippen LogP contribution in [0.5, 0.6) is 5.88 Å². The summed E-state index contributed by atoms with van der Waals surface area (Å²) >= 11 is 0. The molecule has 1 N–H and O–H groups in total. The van der Waals surface area contributed by atoms with Gasteiger partial charge in [0.2, 0.25) is 11.8 Å². The van der Waals surface area contributed by atoms with Gasteiger partial charge in [0.05, 0.1) is 48.2 Å². The Kier molecular flexibility index (Phi) is 7.98. The van der Waals surface area contributed by atoms with E-state index in [1.807, 2.05) is 13.8 Å². The topological polar surface area (TPSA) is 109 Å². The monoisotopic (exact) mass is 679 g/mol. The van der Waals surface area contributed by atoms with Crippen molar-refractivity contribution >= 4 is 12.0 Å². The second-order valence-corrected chi connectivity index (χ2v) is 11.8. The number of ether oxygens (including phenoxy) is 1. The highest BCUT2D eigenvalue weighted by atomic mass is 19.4. The zero-order chi connectivity index (χ0) is 34.9. The SMILES string of the molecule is Cc1nn(C)c(C)c1-c1cnc(O)c(-c2cnc(N3CC(F)C3)nc2CN2C(=O)O[C@H](c3cc(C(F)(F)F)cc(C(F)(F)F)c3)[C@@H]2C)c1. The molecule has 0 spiro atoms. The Hall–Kier alpha value is -4.96. The number of carbonyl (C=O) groups is 1. The lowest BCUT2D eigenvalue weighted by atomic mass is 9.97. The predicted octanol–water partition coefficient (Wildman–Crippen LogP) is 6.54. The first-order valence-corrected chi connectivity index (χ1v) is 14.6. The van der Waals surface area contributed by atoms with Gasteiger partial charge in [-0.2, -0.15) is 31.4 Å². The Labute approximate surface area is 268 Å². The maximum Gasteiger partial charge on any atom is 0.416 e. The fourth-order valence-corrected chi connectivity index (χ4v) is 5.94. The summed E-state index contributed by atoms with van der Waals surface area (Å²) in [5.41, 5.74) is -0.158. The fourth-order valence-electron chi connectivity index (χ4n) is 5.94. The van der Waals surface area contributed by atoms with Gasteiger partial charge in [-0.1, -0.05) is 0 Å². The molecule has 0 bridgehead atoms. The van der Waals surface area contributed by atoms with E-state index in [4.69, 9.17) is 4.74 Å². The van der Waals surface area contributed by atoms with Gasteiger partial charge in [0, 0.05) is 47.4 Å². The van der Waals surface area contributed by atoms with E-state index in [2.05, 4.69) is 20.1 Å². The minimum absolute atomic E-state index is 0.00170. The first-order valence-electron chi connectivity index (χ1n) is 14.6. The van der Waals surface area contributed by atoms with Crippen LogP contribution in [0.1, 0.15) is 46.8 Å². The van der Waals surface area contributed by atoms with E-state index in [1.54, 1.807) is 22.7 Å². The Morgan fingerprint density at radius 2 is 1.60 bits per heavy atom. The highest BCUT2D eigenvalue weighted by Gasteiger charge is 2.44. The molecule has 254 valence electrons. The molecule has 2 fully saturated rings. The number of hydrogen-bond acceptors (Lipinski definition) is 8. The van der Waals surface area contributed by atoms with Crippen LogP contribution in [0.4, 0.5) is 41.5 Å². The van der Waals surface area contributed by atoms with Crippen LogP contribution in [0.25, 0.3) is 22.3 Å². The van der Waals surface area contributed by atoms with Gasteiger partial charge in [0.25, 0.3) is 0 Å². The number of hydrogen-bond donors (Lipinski definition) is 1. The Morgan fingerprint density at radius 3 is 2.17 bits per heavy atom. The molecule has 0 unspecified atom stereocenters. The van der Waals surface area contributed by atoms with Gasteiger partial charge in [-0.05, 0) is 50.6 Å². The van der Waals surface area contributed by atoms with Crippen molar-refractivity contribution in [3.05, 3.63) is 70.4 Å². The molecule has 2 saturated heterocycles. The number of cyclic esters (lactones) is 1. The molecule has 0 radical (unpaired) electrons. The molecule has 2 atom stereocenters. The number of aromatic hydroxyl groups is 1. The molecular weight excluding hydrogens is 651 g/mol. The number of amides is 1. The average molecular weight is 680 g/mol. The number of aromatic nitrogens is 5. The lowest BCUT2D eigenvalue weighted by Gasteiger charge is -2.34. The number of benzene rings is 1. The lowest BCUT2D eigenvalue weighted by molar-refractivity contribution is -0.143. The minimum Gasteiger partial charge on any atom is -0.493 e. The van der Waals surface area contributed by atoms with Crippen molar-refractivity contribution < 1.29 is 45.4 Å². The average Bonchev–Trinajstić information content (AvgIpc) is 3.42. The van der Waals surface area contributed by atoms with Gasteiger partial charge in [0.1, 0.15) is 12.3 Å². The number of aryl methyl sites for hydroxylation is 2. The van der Waals surface area contributed by atoms with Gasteiger partial charge < -0.3 is 14.7 Å². The van der Waals surface area contributed by atoms with E-state index in [1.165, 1.54) is 19.3 Å². The van der Waals surface area contributed by atoms with Crippen LogP contribution in [-0.4, -0.2) is 66.1 Å². The van der Waals surface area contributed by atoms with Gasteiger partial charge in [-0.15, -0.1) is 0 Å². The largest absolute Gasteiger partial charge is 0.493 e. The molecule has 2 aliphatic rings. The second-order valence-electron chi connectivity index (χ2n) is 11.8. The van der Waals surface area contributed by atoms with Crippen LogP contribution in [0.3, 0.4) is 0 Å². The van der Waals surface area contributed by atoms with Crippen molar-refractivity contribution in [2.24, 2.45) is 7.05 Å². The zero-order valence-electron chi connectivity index (χ0n) is 25.9. The van der Waals surface area contributed by atoms with Crippen molar-refractivity contribution in [2.45, 2.75) is 58.0 Å². The third-order valence-electron chi connectivity index (χ3n) is 8.58. The van der Waals surface area contributed by atoms with Crippen molar-refractivity contribution in [3.8, 4) is 28.1 Å². The third-order valence-corrected chi connectivity index (χ3v) is 8.58. The first-order chi connectivity index (χ1) is 22.4. The molecule has 3 aromatic heterocycles. The van der Waals surface area contributed by atoms with E-state index in [0.29, 0.717) is 23.4 Å². The van der Waals surface area contributed by atoms with Crippen LogP contribution in [0.15, 0.2) is 36.7 Å². The number of anilines is 1. The molecule has 0 saturated carbocycles. The molecule has 4 aromatic rings. The third kappa shape index (κ3) is 5.96. The van der Waals surface area contributed by atoms with Crippen molar-refractivity contribution in [1.82, 2.24) is 29.6 Å². The summed E-state index contributed by atoms with van der Waals surface area (Å²) in [6, 6.07) is 1.62. The summed E-state index contributed by atoms with van der Waals surface area (Å²) in [6.07, 6.45) is -11.0. The normalized spacial score (nSPS) is 18.8. The molecule has 10 nitrogen and oxygen atoms in total. The maximum absolute atomic E-state index is 13.7. The van der Waals surface area contributed by atoms with Gasteiger partial charge in [0.15, 0.2) is 0 Å². The minimum atomic E-state index is -5.10. The number of alkyl halides is 7. The summed E-state index contributed by atoms with van der Waals surface area (Å²) in [4.78, 5) is 28.9. The summed E-state index contributed by atoms with van der Waals surface area (Å²) < 4.78 is 102. The summed E-state index contributed by atoms with van der Waals surface area (Å²) in [5, 5.41) is 15.3. The standard InChI is InChI=1S/C31H28F7N7O3/c1-14-25(15(2)43(4)42-14)18-7-22(27(46)39-9-18)23-10-40-28(44-11-21(32)12-44)41-24(23)13-45-16(3)26(48-29(45)47)17-5-19(30(33,34)35)8-20(6-17)31(36,37)38/h5-10,16,21,26H,11-13H2,1-4H3,(H,39,46)/t16-,26-/m0/s1. The number of nitrogens with zero attached hydrogens (tertiary/aromatic N) is 7. The quantitative estimate of drug-likeness (QED) is 0.229. The van der Waals surface area contributed by atoms with Crippen LogP contribution >= 0.6 is 0 Å². The highest BCUT2D eigenvalue weighted by molar-refractivity contribution is 5.79. The molecular formula is C31H28F7N7O3.